The minimum atomic E-state index is -0.0404. The van der Waals surface area contributed by atoms with Gasteiger partial charge in [0, 0.05) is 5.41 Å². The lowest BCUT2D eigenvalue weighted by Gasteiger charge is -2.36. The Morgan fingerprint density at radius 3 is 1.71 bits per heavy atom. The van der Waals surface area contributed by atoms with E-state index in [0.717, 1.165) is 50.4 Å². The van der Waals surface area contributed by atoms with Gasteiger partial charge in [0.25, 0.3) is 0 Å². The Hall–Kier alpha value is -1.89. The summed E-state index contributed by atoms with van der Waals surface area (Å²) in [5, 5.41) is 0. The molecule has 0 heterocycles. The molecule has 0 atom stereocenters. The highest BCUT2D eigenvalue weighted by Gasteiger charge is 2.34. The second-order valence-corrected chi connectivity index (χ2v) is 11.5. The zero-order chi connectivity index (χ0) is 23.8. The van der Waals surface area contributed by atoms with Crippen molar-refractivity contribution < 1.29 is 4.79 Å². The third-order valence-corrected chi connectivity index (χ3v) is 9.14. The third kappa shape index (κ3) is 6.21. The lowest BCUT2D eigenvalue weighted by atomic mass is 9.68. The third-order valence-electron chi connectivity index (χ3n) is 9.14. The summed E-state index contributed by atoms with van der Waals surface area (Å²) in [7, 11) is 0. The summed E-state index contributed by atoms with van der Waals surface area (Å²) in [6, 6.07) is 18.7. The van der Waals surface area contributed by atoms with E-state index in [1.165, 1.54) is 74.3 Å². The van der Waals surface area contributed by atoms with E-state index >= 15 is 0 Å². The van der Waals surface area contributed by atoms with Crippen molar-refractivity contribution in [2.75, 3.05) is 0 Å². The van der Waals surface area contributed by atoms with Crippen molar-refractivity contribution in [1.29, 1.82) is 0 Å². The summed E-state index contributed by atoms with van der Waals surface area (Å²) in [4.78, 5) is 11.7. The minimum Gasteiger partial charge on any atom is -0.303 e. The molecule has 0 N–H and O–H groups in total. The van der Waals surface area contributed by atoms with Crippen LogP contribution in [0.3, 0.4) is 0 Å². The zero-order valence-corrected chi connectivity index (χ0v) is 21.7. The number of carbonyl (C=O) groups excluding carboxylic acids is 1. The van der Waals surface area contributed by atoms with Gasteiger partial charge in [-0.15, -0.1) is 0 Å². The number of rotatable bonds is 10. The molecule has 4 rings (SSSR count). The van der Waals surface area contributed by atoms with Crippen LogP contribution in [0.2, 0.25) is 0 Å². The van der Waals surface area contributed by atoms with E-state index in [9.17, 15) is 4.79 Å². The van der Waals surface area contributed by atoms with Gasteiger partial charge in [0.05, 0.1) is 0 Å². The monoisotopic (exact) mass is 458 g/mol. The molecule has 1 heteroatoms. The van der Waals surface area contributed by atoms with Crippen LogP contribution in [0.15, 0.2) is 48.5 Å². The van der Waals surface area contributed by atoms with Crippen LogP contribution in [0, 0.1) is 11.3 Å². The second kappa shape index (κ2) is 12.2. The van der Waals surface area contributed by atoms with Gasteiger partial charge in [-0.25, -0.2) is 0 Å². The number of hydrogen-bond acceptors (Lipinski definition) is 1. The Balaban J connectivity index is 1.30. The zero-order valence-electron chi connectivity index (χ0n) is 21.7. The quantitative estimate of drug-likeness (QED) is 0.256. The molecular formula is C33H46O. The maximum Gasteiger partial charge on any atom is 0.126 e. The molecule has 0 spiro atoms. The van der Waals surface area contributed by atoms with Gasteiger partial charge in [-0.1, -0.05) is 94.5 Å². The minimum absolute atomic E-state index is 0.0404. The Labute approximate surface area is 208 Å². The molecule has 0 bridgehead atoms. The van der Waals surface area contributed by atoms with E-state index in [1.807, 2.05) is 0 Å². The van der Waals surface area contributed by atoms with Crippen molar-refractivity contribution in [3.63, 3.8) is 0 Å². The summed E-state index contributed by atoms with van der Waals surface area (Å²) in [5.74, 6) is 2.35. The molecule has 2 aliphatic rings. The fraction of sp³-hybridized carbons (Fsp3) is 0.606. The van der Waals surface area contributed by atoms with Crippen molar-refractivity contribution in [2.45, 2.75) is 116 Å². The van der Waals surface area contributed by atoms with E-state index in [1.54, 1.807) is 5.56 Å². The highest BCUT2D eigenvalue weighted by Crippen LogP contribution is 2.45. The lowest BCUT2D eigenvalue weighted by molar-refractivity contribution is -0.118. The molecule has 2 aromatic carbocycles. The fourth-order valence-corrected chi connectivity index (χ4v) is 6.81. The second-order valence-electron chi connectivity index (χ2n) is 11.5. The van der Waals surface area contributed by atoms with Gasteiger partial charge in [0.2, 0.25) is 0 Å². The molecule has 1 nitrogen and oxygen atoms in total. The summed E-state index contributed by atoms with van der Waals surface area (Å²) < 4.78 is 0. The summed E-state index contributed by atoms with van der Waals surface area (Å²) in [6.07, 6.45) is 19.0. The van der Waals surface area contributed by atoms with Crippen molar-refractivity contribution >= 4 is 6.29 Å². The Morgan fingerprint density at radius 1 is 0.706 bits per heavy atom. The fourth-order valence-electron chi connectivity index (χ4n) is 6.81. The maximum absolute atomic E-state index is 11.7. The van der Waals surface area contributed by atoms with Gasteiger partial charge in [0.15, 0.2) is 0 Å². The van der Waals surface area contributed by atoms with Crippen molar-refractivity contribution in [3.05, 3.63) is 59.7 Å². The predicted molar refractivity (Wildman–Crippen MR) is 145 cm³/mol. The van der Waals surface area contributed by atoms with Crippen LogP contribution in [0.25, 0.3) is 11.1 Å². The molecule has 0 saturated heterocycles. The highest BCUT2D eigenvalue weighted by atomic mass is 16.1. The molecular weight excluding hydrogens is 412 g/mol. The highest BCUT2D eigenvalue weighted by molar-refractivity contribution is 5.64. The Morgan fingerprint density at radius 2 is 1.24 bits per heavy atom. The van der Waals surface area contributed by atoms with E-state index < -0.39 is 0 Å². The van der Waals surface area contributed by atoms with Crippen LogP contribution in [0.5, 0.6) is 0 Å². The molecule has 2 aliphatic carbocycles. The SMILES string of the molecule is CCCCCC1CCC(c2ccc(-c3ccc(C4CCC(C=O)(CCC)CC4)cc3)cc2)CC1. The summed E-state index contributed by atoms with van der Waals surface area (Å²) in [5.41, 5.74) is 5.60. The van der Waals surface area contributed by atoms with Crippen LogP contribution in [0.1, 0.15) is 127 Å². The molecule has 184 valence electrons. The summed E-state index contributed by atoms with van der Waals surface area (Å²) in [6.45, 7) is 4.50. The number of benzene rings is 2. The van der Waals surface area contributed by atoms with Gasteiger partial charge < -0.3 is 4.79 Å². The molecule has 2 fully saturated rings. The Bertz CT molecular complexity index is 862. The van der Waals surface area contributed by atoms with E-state index in [2.05, 4.69) is 62.4 Å². The topological polar surface area (TPSA) is 17.1 Å². The first-order valence-corrected chi connectivity index (χ1v) is 14.3. The molecule has 0 aliphatic heterocycles. The van der Waals surface area contributed by atoms with Crippen LogP contribution < -0.4 is 0 Å². The van der Waals surface area contributed by atoms with Crippen molar-refractivity contribution in [1.82, 2.24) is 0 Å². The largest absolute Gasteiger partial charge is 0.303 e. The average Bonchev–Trinajstić information content (AvgIpc) is 2.90. The van der Waals surface area contributed by atoms with Gasteiger partial charge in [0.1, 0.15) is 6.29 Å². The molecule has 0 radical (unpaired) electrons. The summed E-state index contributed by atoms with van der Waals surface area (Å²) >= 11 is 0. The molecule has 0 amide bonds. The number of unbranched alkanes of at least 4 members (excludes halogenated alkanes) is 2. The first-order valence-electron chi connectivity index (χ1n) is 14.3. The predicted octanol–water partition coefficient (Wildman–Crippen LogP) is 9.85. The number of hydrogen-bond donors (Lipinski definition) is 0. The van der Waals surface area contributed by atoms with Crippen LogP contribution in [-0.2, 0) is 4.79 Å². The lowest BCUT2D eigenvalue weighted by Crippen LogP contribution is -2.28. The first-order chi connectivity index (χ1) is 16.7. The van der Waals surface area contributed by atoms with Gasteiger partial charge in [-0.3, -0.25) is 0 Å². The first kappa shape index (κ1) is 25.2. The van der Waals surface area contributed by atoms with E-state index in [-0.39, 0.29) is 5.41 Å². The standard InChI is InChI=1S/C33H46O/c1-3-5-6-7-26-8-10-27(11-9-26)28-12-14-29(15-13-28)30-16-18-31(19-17-30)32-20-23-33(25-34,22-4-2)24-21-32/h12-19,25-27,32H,3-11,20-24H2,1-2H3. The van der Waals surface area contributed by atoms with E-state index in [0.29, 0.717) is 5.92 Å². The molecule has 2 saturated carbocycles. The average molecular weight is 459 g/mol. The molecule has 0 unspecified atom stereocenters. The number of aldehydes is 1. The van der Waals surface area contributed by atoms with Crippen molar-refractivity contribution in [2.24, 2.45) is 11.3 Å². The van der Waals surface area contributed by atoms with Gasteiger partial charge in [-0.05, 0) is 97.8 Å². The van der Waals surface area contributed by atoms with E-state index in [4.69, 9.17) is 0 Å². The molecule has 2 aromatic rings. The molecule has 0 aromatic heterocycles. The Kier molecular flexibility index (Phi) is 9.04. The van der Waals surface area contributed by atoms with Crippen LogP contribution >= 0.6 is 0 Å². The number of carbonyl (C=O) groups is 1. The van der Waals surface area contributed by atoms with Gasteiger partial charge >= 0.3 is 0 Å². The van der Waals surface area contributed by atoms with Crippen LogP contribution in [0.4, 0.5) is 0 Å². The van der Waals surface area contributed by atoms with Crippen LogP contribution in [-0.4, -0.2) is 6.29 Å². The van der Waals surface area contributed by atoms with Crippen molar-refractivity contribution in [3.8, 4) is 11.1 Å². The smallest absolute Gasteiger partial charge is 0.126 e. The van der Waals surface area contributed by atoms with Gasteiger partial charge in [-0.2, -0.15) is 0 Å². The maximum atomic E-state index is 11.7. The normalized spacial score (nSPS) is 27.4. The molecule has 34 heavy (non-hydrogen) atoms.